The molecule has 0 radical (unpaired) electrons. The number of amides is 2. The first-order valence-corrected chi connectivity index (χ1v) is 7.38. The minimum atomic E-state index is -0.715. The minimum absolute atomic E-state index is 0.297. The summed E-state index contributed by atoms with van der Waals surface area (Å²) in [5, 5.41) is 3.32. The van der Waals surface area contributed by atoms with Gasteiger partial charge >= 0.3 is 0 Å². The van der Waals surface area contributed by atoms with Crippen molar-refractivity contribution >= 4 is 29.1 Å². The molecule has 2 aromatic rings. The maximum atomic E-state index is 12.2. The van der Waals surface area contributed by atoms with Gasteiger partial charge in [-0.05, 0) is 55.8 Å². The zero-order valence-electron chi connectivity index (χ0n) is 12.8. The Hall–Kier alpha value is -2.53. The Bertz CT molecular complexity index is 729. The largest absolute Gasteiger partial charge is 0.481 e. The van der Waals surface area contributed by atoms with Crippen LogP contribution < -0.4 is 15.8 Å². The van der Waals surface area contributed by atoms with E-state index in [4.69, 9.17) is 22.1 Å². The number of nitrogens with two attached hydrogens (primary N) is 1. The van der Waals surface area contributed by atoms with Crippen molar-refractivity contribution in [3.05, 3.63) is 58.6 Å². The van der Waals surface area contributed by atoms with Crippen LogP contribution in [0.5, 0.6) is 5.75 Å². The number of benzene rings is 2. The van der Waals surface area contributed by atoms with Crippen LogP contribution in [-0.2, 0) is 4.79 Å². The molecule has 5 nitrogen and oxygen atoms in total. The van der Waals surface area contributed by atoms with Crippen molar-refractivity contribution in [3.8, 4) is 5.75 Å². The third-order valence-electron chi connectivity index (χ3n) is 3.28. The lowest BCUT2D eigenvalue weighted by Gasteiger charge is -2.16. The first-order valence-electron chi connectivity index (χ1n) is 7.00. The van der Waals surface area contributed by atoms with Gasteiger partial charge in [0.25, 0.3) is 5.91 Å². The average Bonchev–Trinajstić information content (AvgIpc) is 2.51. The molecular weight excluding hydrogens is 316 g/mol. The molecule has 0 fully saturated rings. The van der Waals surface area contributed by atoms with E-state index in [1.165, 1.54) is 0 Å². The number of aryl methyl sites for hydroxylation is 1. The summed E-state index contributed by atoms with van der Waals surface area (Å²) in [6.07, 6.45) is -0.715. The van der Waals surface area contributed by atoms with Gasteiger partial charge in [-0.2, -0.15) is 0 Å². The molecule has 2 aromatic carbocycles. The lowest BCUT2D eigenvalue weighted by Crippen LogP contribution is -2.30. The van der Waals surface area contributed by atoms with Gasteiger partial charge in [0.1, 0.15) is 5.75 Å². The summed E-state index contributed by atoms with van der Waals surface area (Å²) in [5.74, 6) is -0.339. The van der Waals surface area contributed by atoms with Crippen LogP contribution in [0.15, 0.2) is 42.5 Å². The van der Waals surface area contributed by atoms with E-state index in [1.54, 1.807) is 43.3 Å². The van der Waals surface area contributed by atoms with E-state index in [-0.39, 0.29) is 5.91 Å². The van der Waals surface area contributed by atoms with Crippen LogP contribution in [0, 0.1) is 6.92 Å². The number of carbonyl (C=O) groups excluding carboxylic acids is 2. The average molecular weight is 333 g/mol. The number of carbonyl (C=O) groups is 2. The van der Waals surface area contributed by atoms with Crippen molar-refractivity contribution in [2.75, 3.05) is 5.32 Å². The Kier molecular flexibility index (Phi) is 5.24. The molecule has 0 heterocycles. The van der Waals surface area contributed by atoms with E-state index in [1.807, 2.05) is 13.0 Å². The third kappa shape index (κ3) is 4.47. The number of hydrogen-bond donors (Lipinski definition) is 2. The molecule has 2 rings (SSSR count). The normalized spacial score (nSPS) is 11.6. The van der Waals surface area contributed by atoms with Crippen molar-refractivity contribution in [2.45, 2.75) is 20.0 Å². The van der Waals surface area contributed by atoms with Crippen LogP contribution in [0.4, 0.5) is 5.69 Å². The van der Waals surface area contributed by atoms with Crippen LogP contribution >= 0.6 is 11.6 Å². The first-order chi connectivity index (χ1) is 10.9. The number of anilines is 1. The Morgan fingerprint density at radius 2 is 1.83 bits per heavy atom. The van der Waals surface area contributed by atoms with Gasteiger partial charge in [-0.1, -0.05) is 17.7 Å². The predicted molar refractivity (Wildman–Crippen MR) is 89.9 cm³/mol. The van der Waals surface area contributed by atoms with Crippen molar-refractivity contribution in [1.29, 1.82) is 0 Å². The molecule has 0 spiro atoms. The molecule has 0 saturated carbocycles. The van der Waals surface area contributed by atoms with E-state index in [0.717, 1.165) is 5.56 Å². The molecule has 0 saturated heterocycles. The fraction of sp³-hybridized carbons (Fsp3) is 0.176. The van der Waals surface area contributed by atoms with Gasteiger partial charge in [0.2, 0.25) is 5.91 Å². The lowest BCUT2D eigenvalue weighted by molar-refractivity contribution is -0.122. The molecular formula is C17H17ClN2O3. The van der Waals surface area contributed by atoms with Gasteiger partial charge in [0.05, 0.1) is 0 Å². The molecule has 120 valence electrons. The highest BCUT2D eigenvalue weighted by Crippen LogP contribution is 2.21. The third-order valence-corrected chi connectivity index (χ3v) is 3.51. The molecule has 0 aliphatic rings. The van der Waals surface area contributed by atoms with Gasteiger partial charge in [-0.15, -0.1) is 0 Å². The highest BCUT2D eigenvalue weighted by Gasteiger charge is 2.16. The first kappa shape index (κ1) is 16.8. The lowest BCUT2D eigenvalue weighted by atomic mass is 10.2. The van der Waals surface area contributed by atoms with E-state index >= 15 is 0 Å². The molecule has 1 atom stereocenters. The second kappa shape index (κ2) is 7.15. The van der Waals surface area contributed by atoms with Crippen molar-refractivity contribution in [2.24, 2.45) is 5.73 Å². The number of nitrogens with one attached hydrogen (secondary N) is 1. The highest BCUT2D eigenvalue weighted by atomic mass is 35.5. The van der Waals surface area contributed by atoms with Crippen LogP contribution in [-0.4, -0.2) is 17.9 Å². The molecule has 6 heteroatoms. The minimum Gasteiger partial charge on any atom is -0.481 e. The van der Waals surface area contributed by atoms with Crippen molar-refractivity contribution in [1.82, 2.24) is 0 Å². The summed E-state index contributed by atoms with van der Waals surface area (Å²) in [6.45, 7) is 3.51. The van der Waals surface area contributed by atoms with Crippen molar-refractivity contribution in [3.63, 3.8) is 0 Å². The second-order valence-corrected chi connectivity index (χ2v) is 5.53. The zero-order valence-corrected chi connectivity index (χ0v) is 13.6. The van der Waals surface area contributed by atoms with E-state index < -0.39 is 12.0 Å². The molecule has 0 bridgehead atoms. The summed E-state index contributed by atoms with van der Waals surface area (Å²) < 4.78 is 5.56. The van der Waals surface area contributed by atoms with E-state index in [9.17, 15) is 9.59 Å². The molecule has 3 N–H and O–H groups in total. The molecule has 0 aliphatic carbocycles. The van der Waals surface area contributed by atoms with Gasteiger partial charge in [-0.25, -0.2) is 0 Å². The number of ether oxygens (including phenoxy) is 1. The Morgan fingerprint density at radius 3 is 2.43 bits per heavy atom. The van der Waals surface area contributed by atoms with Gasteiger partial charge in [0, 0.05) is 16.3 Å². The summed E-state index contributed by atoms with van der Waals surface area (Å²) in [7, 11) is 0. The molecule has 0 aliphatic heterocycles. The molecule has 2 amide bonds. The van der Waals surface area contributed by atoms with E-state index in [2.05, 4.69) is 5.32 Å². The predicted octanol–water partition coefficient (Wildman–Crippen LogP) is 3.15. The summed E-state index contributed by atoms with van der Waals surface area (Å²) >= 11 is 5.93. The monoisotopic (exact) mass is 332 g/mol. The van der Waals surface area contributed by atoms with Crippen LogP contribution in [0.25, 0.3) is 0 Å². The molecule has 23 heavy (non-hydrogen) atoms. The van der Waals surface area contributed by atoms with Gasteiger partial charge < -0.3 is 15.8 Å². The Balaban J connectivity index is 2.02. The maximum absolute atomic E-state index is 12.2. The summed E-state index contributed by atoms with van der Waals surface area (Å²) in [5.41, 5.74) is 7.09. The molecule has 0 aromatic heterocycles. The van der Waals surface area contributed by atoms with Crippen molar-refractivity contribution < 1.29 is 14.3 Å². The number of primary amides is 1. The van der Waals surface area contributed by atoms with Crippen LogP contribution in [0.1, 0.15) is 22.8 Å². The Morgan fingerprint density at radius 1 is 1.17 bits per heavy atom. The summed E-state index contributed by atoms with van der Waals surface area (Å²) in [4.78, 5) is 23.2. The zero-order chi connectivity index (χ0) is 17.0. The molecule has 0 unspecified atom stereocenters. The number of hydrogen-bond acceptors (Lipinski definition) is 3. The van der Waals surface area contributed by atoms with Gasteiger partial charge in [0.15, 0.2) is 6.10 Å². The second-order valence-electron chi connectivity index (χ2n) is 5.10. The topological polar surface area (TPSA) is 81.4 Å². The quantitative estimate of drug-likeness (QED) is 0.882. The van der Waals surface area contributed by atoms with Crippen LogP contribution in [0.2, 0.25) is 5.02 Å². The maximum Gasteiger partial charge on any atom is 0.265 e. The highest BCUT2D eigenvalue weighted by molar-refractivity contribution is 6.31. The SMILES string of the molecule is Cc1ccc(Cl)cc1NC(=O)[C@@H](C)Oc1ccc(C(N)=O)cc1. The number of rotatable bonds is 5. The smallest absolute Gasteiger partial charge is 0.265 e. The fourth-order valence-corrected chi connectivity index (χ4v) is 2.09. The van der Waals surface area contributed by atoms with Gasteiger partial charge in [-0.3, -0.25) is 9.59 Å². The summed E-state index contributed by atoms with van der Waals surface area (Å²) in [6, 6.07) is 11.5. The number of halogens is 1. The standard InChI is InChI=1S/C17H17ClN2O3/c1-10-3-6-13(18)9-15(10)20-17(22)11(2)23-14-7-4-12(5-8-14)16(19)21/h3-9,11H,1-2H3,(H2,19,21)(H,20,22)/t11-/m1/s1. The Labute approximate surface area is 139 Å². The van der Waals surface area contributed by atoms with E-state index in [0.29, 0.717) is 22.0 Å². The fourth-order valence-electron chi connectivity index (χ4n) is 1.92. The van der Waals surface area contributed by atoms with Crippen LogP contribution in [0.3, 0.4) is 0 Å².